The number of benzene rings is 2. The number of carboxylic acid groups (broad SMARTS) is 1. The van der Waals surface area contributed by atoms with Crippen LogP contribution in [0.25, 0.3) is 0 Å². The number of halogens is 4. The van der Waals surface area contributed by atoms with Gasteiger partial charge in [0.1, 0.15) is 12.4 Å². The zero-order chi connectivity index (χ0) is 23.2. The number of aliphatic carboxylic acids is 1. The molecule has 2 rings (SSSR count). The molecule has 0 aromatic heterocycles. The second kappa shape index (κ2) is 10.3. The predicted octanol–water partition coefficient (Wildman–Crippen LogP) is 5.01. The lowest BCUT2D eigenvalue weighted by Gasteiger charge is -2.16. The van der Waals surface area contributed by atoms with Gasteiger partial charge in [-0.3, -0.25) is 5.32 Å². The third-order valence-corrected chi connectivity index (χ3v) is 4.07. The fraction of sp³-hybridized carbons (Fsp3) is 0.333. The molecule has 0 aliphatic heterocycles. The number of rotatable bonds is 8. The van der Waals surface area contributed by atoms with Crippen LogP contribution in [0.15, 0.2) is 42.5 Å². The van der Waals surface area contributed by atoms with Crippen LogP contribution >= 0.6 is 0 Å². The minimum absolute atomic E-state index is 0.130. The summed E-state index contributed by atoms with van der Waals surface area (Å²) in [7, 11) is 0. The highest BCUT2D eigenvalue weighted by molar-refractivity contribution is 5.84. The first kappa shape index (κ1) is 24.1. The number of anilines is 1. The normalized spacial score (nSPS) is 12.5. The van der Waals surface area contributed by atoms with E-state index in [1.807, 2.05) is 0 Å². The number of alkyl halides is 3. The monoisotopic (exact) mass is 443 g/mol. The fourth-order valence-corrected chi connectivity index (χ4v) is 2.60. The van der Waals surface area contributed by atoms with Crippen molar-refractivity contribution in [2.45, 2.75) is 45.3 Å². The van der Waals surface area contributed by atoms with Gasteiger partial charge in [0.25, 0.3) is 0 Å². The van der Waals surface area contributed by atoms with E-state index in [1.54, 1.807) is 26.0 Å². The predicted molar refractivity (Wildman–Crippen MR) is 103 cm³/mol. The Labute approximate surface area is 175 Å². The maximum absolute atomic E-state index is 13.8. The molecule has 1 atom stereocenters. The summed E-state index contributed by atoms with van der Waals surface area (Å²) in [6, 6.07) is 8.18. The average molecular weight is 443 g/mol. The van der Waals surface area contributed by atoms with Gasteiger partial charge in [0.05, 0.1) is 11.7 Å². The largest absolute Gasteiger partial charge is 0.479 e. The number of hydrogen-bond acceptors (Lipinski definition) is 4. The highest BCUT2D eigenvalue weighted by Gasteiger charge is 2.31. The Morgan fingerprint density at radius 1 is 1.10 bits per heavy atom. The number of amides is 1. The first-order valence-corrected chi connectivity index (χ1v) is 9.22. The van der Waals surface area contributed by atoms with Gasteiger partial charge < -0.3 is 14.6 Å². The van der Waals surface area contributed by atoms with Crippen molar-refractivity contribution < 1.29 is 41.7 Å². The Kier molecular flexibility index (Phi) is 7.98. The van der Waals surface area contributed by atoms with Crippen LogP contribution < -0.4 is 5.32 Å². The van der Waals surface area contributed by atoms with Crippen molar-refractivity contribution in [3.05, 3.63) is 65.0 Å². The van der Waals surface area contributed by atoms with Gasteiger partial charge in [-0.1, -0.05) is 18.2 Å². The van der Waals surface area contributed by atoms with Crippen molar-refractivity contribution in [3.63, 3.8) is 0 Å². The molecule has 31 heavy (non-hydrogen) atoms. The minimum Gasteiger partial charge on any atom is -0.479 e. The van der Waals surface area contributed by atoms with Crippen LogP contribution in [0.4, 0.5) is 28.0 Å². The van der Waals surface area contributed by atoms with E-state index in [2.05, 4.69) is 5.32 Å². The van der Waals surface area contributed by atoms with E-state index in [9.17, 15) is 32.3 Å². The second-order valence-electron chi connectivity index (χ2n) is 6.92. The average Bonchev–Trinajstić information content (AvgIpc) is 2.66. The van der Waals surface area contributed by atoms with E-state index < -0.39 is 42.3 Å². The molecule has 0 saturated carbocycles. The van der Waals surface area contributed by atoms with E-state index in [4.69, 9.17) is 9.47 Å². The zero-order valence-corrected chi connectivity index (χ0v) is 16.7. The number of carbonyl (C=O) groups is 2. The van der Waals surface area contributed by atoms with Crippen LogP contribution in [0.1, 0.15) is 30.5 Å². The lowest BCUT2D eigenvalue weighted by atomic mass is 10.1. The van der Waals surface area contributed by atoms with E-state index in [-0.39, 0.29) is 18.1 Å². The van der Waals surface area contributed by atoms with Gasteiger partial charge >= 0.3 is 18.2 Å². The van der Waals surface area contributed by atoms with Gasteiger partial charge in [-0.2, -0.15) is 13.2 Å². The van der Waals surface area contributed by atoms with Gasteiger partial charge in [-0.25, -0.2) is 14.0 Å². The number of ether oxygens (including phenoxy) is 2. The molecule has 6 nitrogen and oxygen atoms in total. The van der Waals surface area contributed by atoms with Crippen molar-refractivity contribution in [2.75, 3.05) is 5.32 Å². The summed E-state index contributed by atoms with van der Waals surface area (Å²) in [6.07, 6.45) is -6.74. The Bertz CT molecular complexity index is 913. The maximum Gasteiger partial charge on any atom is 0.416 e. The highest BCUT2D eigenvalue weighted by Crippen LogP contribution is 2.30. The SMILES string of the molecule is CC(C)OC(Cc1ccc(NC(=O)OCc2ccc(C(F)(F)F)cc2F)cc1)C(=O)O. The maximum atomic E-state index is 13.8. The van der Waals surface area contributed by atoms with Crippen LogP contribution in [0.2, 0.25) is 0 Å². The third-order valence-electron chi connectivity index (χ3n) is 4.07. The Hall–Kier alpha value is -3.14. The zero-order valence-electron chi connectivity index (χ0n) is 16.7. The molecule has 168 valence electrons. The van der Waals surface area contributed by atoms with Crippen LogP contribution in [0, 0.1) is 5.82 Å². The van der Waals surface area contributed by atoms with Crippen molar-refractivity contribution in [2.24, 2.45) is 0 Å². The molecule has 1 amide bonds. The summed E-state index contributed by atoms with van der Waals surface area (Å²) in [6.45, 7) is 2.90. The molecule has 0 radical (unpaired) electrons. The van der Waals surface area contributed by atoms with Crippen LogP contribution in [0.3, 0.4) is 0 Å². The van der Waals surface area contributed by atoms with Crippen LogP contribution in [0.5, 0.6) is 0 Å². The van der Waals surface area contributed by atoms with Gasteiger partial charge in [0.15, 0.2) is 6.10 Å². The van der Waals surface area contributed by atoms with Gasteiger partial charge in [-0.15, -0.1) is 0 Å². The van der Waals surface area contributed by atoms with E-state index >= 15 is 0 Å². The Morgan fingerprint density at radius 3 is 2.26 bits per heavy atom. The highest BCUT2D eigenvalue weighted by atomic mass is 19.4. The summed E-state index contributed by atoms with van der Waals surface area (Å²) >= 11 is 0. The molecule has 0 aliphatic carbocycles. The molecule has 0 spiro atoms. The third kappa shape index (κ3) is 7.56. The number of nitrogens with one attached hydrogen (secondary N) is 1. The Morgan fingerprint density at radius 2 is 1.74 bits per heavy atom. The smallest absolute Gasteiger partial charge is 0.416 e. The standard InChI is InChI=1S/C21H21F4NO5/c1-12(2)31-18(19(27)28)9-13-3-7-16(8-4-13)26-20(29)30-11-14-5-6-15(10-17(14)22)21(23,24)25/h3-8,10,12,18H,9,11H2,1-2H3,(H,26,29)(H,27,28). The number of carboxylic acids is 1. The van der Waals surface area contributed by atoms with Crippen molar-refractivity contribution in [3.8, 4) is 0 Å². The molecule has 0 saturated heterocycles. The Balaban J connectivity index is 1.91. The number of hydrogen-bond donors (Lipinski definition) is 2. The van der Waals surface area contributed by atoms with E-state index in [1.165, 1.54) is 12.1 Å². The van der Waals surface area contributed by atoms with E-state index in [0.29, 0.717) is 23.4 Å². The quantitative estimate of drug-likeness (QED) is 0.560. The molecule has 2 aromatic rings. The molecule has 0 heterocycles. The first-order chi connectivity index (χ1) is 14.5. The van der Waals surface area contributed by atoms with Gasteiger partial charge in [0.2, 0.25) is 0 Å². The molecular formula is C21H21F4NO5. The molecule has 0 fully saturated rings. The van der Waals surface area contributed by atoms with Crippen molar-refractivity contribution in [1.29, 1.82) is 0 Å². The lowest BCUT2D eigenvalue weighted by Crippen LogP contribution is -2.29. The molecule has 10 heteroatoms. The van der Waals surface area contributed by atoms with Crippen LogP contribution in [-0.4, -0.2) is 29.4 Å². The van der Waals surface area contributed by atoms with Crippen molar-refractivity contribution in [1.82, 2.24) is 0 Å². The van der Waals surface area contributed by atoms with Gasteiger partial charge in [-0.05, 0) is 43.7 Å². The van der Waals surface area contributed by atoms with Crippen molar-refractivity contribution >= 4 is 17.7 Å². The summed E-state index contributed by atoms with van der Waals surface area (Å²) in [4.78, 5) is 23.1. The molecule has 2 aromatic carbocycles. The van der Waals surface area contributed by atoms with Crippen LogP contribution in [-0.2, 0) is 33.5 Å². The summed E-state index contributed by atoms with van der Waals surface area (Å²) in [5.74, 6) is -2.22. The summed E-state index contributed by atoms with van der Waals surface area (Å²) in [5.41, 5.74) is -0.345. The molecule has 0 aliphatic rings. The minimum atomic E-state index is -4.67. The molecule has 1 unspecified atom stereocenters. The molecule has 2 N–H and O–H groups in total. The molecule has 0 bridgehead atoms. The summed E-state index contributed by atoms with van der Waals surface area (Å²) in [5, 5.41) is 11.6. The second-order valence-corrected chi connectivity index (χ2v) is 6.92. The van der Waals surface area contributed by atoms with Gasteiger partial charge in [0, 0.05) is 17.7 Å². The first-order valence-electron chi connectivity index (χ1n) is 9.22. The topological polar surface area (TPSA) is 84.9 Å². The molecular weight excluding hydrogens is 422 g/mol. The fourth-order valence-electron chi connectivity index (χ4n) is 2.60. The summed E-state index contributed by atoms with van der Waals surface area (Å²) < 4.78 is 61.6. The number of carbonyl (C=O) groups excluding carboxylic acids is 1. The lowest BCUT2D eigenvalue weighted by molar-refractivity contribution is -0.153. The van der Waals surface area contributed by atoms with E-state index in [0.717, 1.165) is 6.07 Å².